The van der Waals surface area contributed by atoms with Crippen molar-refractivity contribution >= 4 is 5.91 Å². The number of amides is 1. The predicted octanol–water partition coefficient (Wildman–Crippen LogP) is 1.67. The number of furan rings is 1. The number of carbonyl (C=O) groups is 1. The van der Waals surface area contributed by atoms with Crippen molar-refractivity contribution in [3.63, 3.8) is 0 Å². The summed E-state index contributed by atoms with van der Waals surface area (Å²) in [5.74, 6) is 1.06. The zero-order valence-electron chi connectivity index (χ0n) is 11.1. The van der Waals surface area contributed by atoms with E-state index in [9.17, 15) is 4.79 Å². The van der Waals surface area contributed by atoms with Gasteiger partial charge in [-0.05, 0) is 32.9 Å². The molecule has 0 radical (unpaired) electrons. The summed E-state index contributed by atoms with van der Waals surface area (Å²) in [6.07, 6.45) is 2.46. The quantitative estimate of drug-likeness (QED) is 0.820. The second-order valence-corrected chi connectivity index (χ2v) is 4.43. The first-order chi connectivity index (χ1) is 8.04. The monoisotopic (exact) mass is 238 g/mol. The van der Waals surface area contributed by atoms with Gasteiger partial charge in [0.1, 0.15) is 5.76 Å². The Morgan fingerprint density at radius 3 is 2.76 bits per heavy atom. The molecule has 0 spiro atoms. The lowest BCUT2D eigenvalue weighted by molar-refractivity contribution is -0.131. The second kappa shape index (κ2) is 6.45. The fourth-order valence-corrected chi connectivity index (χ4v) is 1.77. The van der Waals surface area contributed by atoms with Crippen LogP contribution in [0.1, 0.15) is 26.5 Å². The van der Waals surface area contributed by atoms with E-state index in [4.69, 9.17) is 4.42 Å². The minimum absolute atomic E-state index is 0.124. The minimum atomic E-state index is -0.162. The molecule has 0 bridgehead atoms. The van der Waals surface area contributed by atoms with Crippen LogP contribution in [0.5, 0.6) is 0 Å². The van der Waals surface area contributed by atoms with Gasteiger partial charge in [-0.1, -0.05) is 0 Å². The zero-order valence-corrected chi connectivity index (χ0v) is 11.1. The average molecular weight is 238 g/mol. The molecule has 1 aromatic heterocycles. The van der Waals surface area contributed by atoms with Gasteiger partial charge in [0.05, 0.1) is 12.3 Å². The normalized spacial score (nSPS) is 14.4. The molecule has 1 amide bonds. The lowest BCUT2D eigenvalue weighted by Crippen LogP contribution is -2.46. The highest BCUT2D eigenvalue weighted by atomic mass is 16.3. The third-order valence-corrected chi connectivity index (χ3v) is 2.84. The van der Waals surface area contributed by atoms with E-state index in [0.717, 1.165) is 18.7 Å². The molecule has 1 aromatic rings. The summed E-state index contributed by atoms with van der Waals surface area (Å²) in [5.41, 5.74) is 0. The van der Waals surface area contributed by atoms with Gasteiger partial charge in [-0.3, -0.25) is 4.79 Å². The Balaban J connectivity index is 2.40. The molecular formula is C13H22N2O2. The maximum atomic E-state index is 11.9. The van der Waals surface area contributed by atoms with Crippen molar-refractivity contribution in [2.45, 2.75) is 39.3 Å². The Morgan fingerprint density at radius 2 is 2.24 bits per heavy atom. The molecule has 0 fully saturated rings. The number of hydrogen-bond acceptors (Lipinski definition) is 3. The molecule has 1 rings (SSSR count). The Kier molecular flexibility index (Phi) is 5.22. The topological polar surface area (TPSA) is 45.5 Å². The third-order valence-electron chi connectivity index (χ3n) is 2.84. The summed E-state index contributed by atoms with van der Waals surface area (Å²) < 4.78 is 5.28. The molecule has 4 nitrogen and oxygen atoms in total. The van der Waals surface area contributed by atoms with Crippen LogP contribution in [-0.2, 0) is 11.2 Å². The largest absolute Gasteiger partial charge is 0.469 e. The molecule has 0 saturated carbocycles. The van der Waals surface area contributed by atoms with Gasteiger partial charge in [-0.25, -0.2) is 0 Å². The van der Waals surface area contributed by atoms with Gasteiger partial charge in [0.25, 0.3) is 0 Å². The van der Waals surface area contributed by atoms with Crippen molar-refractivity contribution in [2.24, 2.45) is 0 Å². The SMILES string of the molecule is CCN(C)C(=O)C(C)NC(C)Cc1ccco1. The lowest BCUT2D eigenvalue weighted by Gasteiger charge is -2.23. The standard InChI is InChI=1S/C13H22N2O2/c1-5-15(4)13(16)11(3)14-10(2)9-12-7-6-8-17-12/h6-8,10-11,14H,5,9H2,1-4H3. The average Bonchev–Trinajstić information content (AvgIpc) is 2.79. The molecular weight excluding hydrogens is 216 g/mol. The highest BCUT2D eigenvalue weighted by molar-refractivity contribution is 5.81. The molecule has 0 aromatic carbocycles. The Hall–Kier alpha value is -1.29. The molecule has 96 valence electrons. The summed E-state index contributed by atoms with van der Waals surface area (Å²) in [6.45, 7) is 6.65. The van der Waals surface area contributed by atoms with E-state index in [1.165, 1.54) is 0 Å². The van der Waals surface area contributed by atoms with E-state index in [0.29, 0.717) is 0 Å². The van der Waals surface area contributed by atoms with Crippen LogP contribution in [0.3, 0.4) is 0 Å². The summed E-state index contributed by atoms with van der Waals surface area (Å²) in [5, 5.41) is 3.28. The van der Waals surface area contributed by atoms with Gasteiger partial charge in [0.2, 0.25) is 5.91 Å². The highest BCUT2D eigenvalue weighted by Gasteiger charge is 2.18. The van der Waals surface area contributed by atoms with E-state index in [1.54, 1.807) is 11.2 Å². The fourth-order valence-electron chi connectivity index (χ4n) is 1.77. The molecule has 2 unspecified atom stereocenters. The van der Waals surface area contributed by atoms with Gasteiger partial charge in [0.15, 0.2) is 0 Å². The van der Waals surface area contributed by atoms with Crippen molar-refractivity contribution in [3.05, 3.63) is 24.2 Å². The zero-order chi connectivity index (χ0) is 12.8. The number of carbonyl (C=O) groups excluding carboxylic acids is 1. The summed E-state index contributed by atoms with van der Waals surface area (Å²) in [4.78, 5) is 13.6. The van der Waals surface area contributed by atoms with Gasteiger partial charge in [0, 0.05) is 26.1 Å². The first-order valence-electron chi connectivity index (χ1n) is 6.08. The van der Waals surface area contributed by atoms with Crippen LogP contribution < -0.4 is 5.32 Å². The van der Waals surface area contributed by atoms with E-state index < -0.39 is 0 Å². The Morgan fingerprint density at radius 1 is 1.53 bits per heavy atom. The smallest absolute Gasteiger partial charge is 0.239 e. The number of nitrogens with zero attached hydrogens (tertiary/aromatic N) is 1. The Labute approximate surface area is 103 Å². The fraction of sp³-hybridized carbons (Fsp3) is 0.615. The molecule has 1 N–H and O–H groups in total. The van der Waals surface area contributed by atoms with Crippen molar-refractivity contribution in [2.75, 3.05) is 13.6 Å². The third kappa shape index (κ3) is 4.23. The molecule has 2 atom stereocenters. The van der Waals surface area contributed by atoms with E-state index >= 15 is 0 Å². The summed E-state index contributed by atoms with van der Waals surface area (Å²) >= 11 is 0. The summed E-state index contributed by atoms with van der Waals surface area (Å²) in [6, 6.07) is 3.87. The summed E-state index contributed by atoms with van der Waals surface area (Å²) in [7, 11) is 1.82. The van der Waals surface area contributed by atoms with Crippen LogP contribution >= 0.6 is 0 Å². The number of likely N-dealkylation sites (N-methyl/N-ethyl adjacent to an activating group) is 1. The first kappa shape index (κ1) is 13.8. The van der Waals surface area contributed by atoms with E-state index in [2.05, 4.69) is 12.2 Å². The van der Waals surface area contributed by atoms with Crippen molar-refractivity contribution < 1.29 is 9.21 Å². The van der Waals surface area contributed by atoms with Crippen LogP contribution in [0, 0.1) is 0 Å². The molecule has 0 aliphatic rings. The van der Waals surface area contributed by atoms with Crippen molar-refractivity contribution in [1.29, 1.82) is 0 Å². The molecule has 4 heteroatoms. The number of nitrogens with one attached hydrogen (secondary N) is 1. The number of hydrogen-bond donors (Lipinski definition) is 1. The van der Waals surface area contributed by atoms with Gasteiger partial charge >= 0.3 is 0 Å². The molecule has 0 aliphatic heterocycles. The molecule has 0 saturated heterocycles. The van der Waals surface area contributed by atoms with Gasteiger partial charge in [-0.15, -0.1) is 0 Å². The molecule has 17 heavy (non-hydrogen) atoms. The molecule has 0 aliphatic carbocycles. The maximum absolute atomic E-state index is 11.9. The van der Waals surface area contributed by atoms with Gasteiger partial charge in [-0.2, -0.15) is 0 Å². The van der Waals surface area contributed by atoms with Crippen LogP contribution in [0.25, 0.3) is 0 Å². The van der Waals surface area contributed by atoms with E-state index in [1.807, 2.05) is 33.0 Å². The van der Waals surface area contributed by atoms with Crippen LogP contribution in [-0.4, -0.2) is 36.5 Å². The first-order valence-corrected chi connectivity index (χ1v) is 6.08. The van der Waals surface area contributed by atoms with Crippen molar-refractivity contribution in [3.8, 4) is 0 Å². The highest BCUT2D eigenvalue weighted by Crippen LogP contribution is 2.05. The van der Waals surface area contributed by atoms with Crippen molar-refractivity contribution in [1.82, 2.24) is 10.2 Å². The minimum Gasteiger partial charge on any atom is -0.469 e. The predicted molar refractivity (Wildman–Crippen MR) is 67.8 cm³/mol. The molecule has 1 heterocycles. The van der Waals surface area contributed by atoms with Crippen LogP contribution in [0.15, 0.2) is 22.8 Å². The van der Waals surface area contributed by atoms with Crippen LogP contribution in [0.4, 0.5) is 0 Å². The van der Waals surface area contributed by atoms with Crippen LogP contribution in [0.2, 0.25) is 0 Å². The maximum Gasteiger partial charge on any atom is 0.239 e. The number of rotatable bonds is 6. The lowest BCUT2D eigenvalue weighted by atomic mass is 10.1. The second-order valence-electron chi connectivity index (χ2n) is 4.43. The Bertz CT molecular complexity index is 335. The van der Waals surface area contributed by atoms with E-state index in [-0.39, 0.29) is 18.0 Å². The van der Waals surface area contributed by atoms with Gasteiger partial charge < -0.3 is 14.6 Å².